The Morgan fingerprint density at radius 2 is 2.00 bits per heavy atom. The van der Waals surface area contributed by atoms with Crippen molar-refractivity contribution in [3.05, 3.63) is 10.6 Å². The Labute approximate surface area is 128 Å². The van der Waals surface area contributed by atoms with Crippen molar-refractivity contribution in [2.75, 3.05) is 45.0 Å². The number of amides is 2. The monoisotopic (exact) mass is 311 g/mol. The summed E-state index contributed by atoms with van der Waals surface area (Å²) in [5.41, 5.74) is 6.32. The predicted molar refractivity (Wildman–Crippen MR) is 82.3 cm³/mol. The number of nitrogens with two attached hydrogens (primary N) is 1. The van der Waals surface area contributed by atoms with Crippen LogP contribution in [0.2, 0.25) is 0 Å². The predicted octanol–water partition coefficient (Wildman–Crippen LogP) is -0.0724. The molecule has 1 aliphatic heterocycles. The molecule has 1 aromatic heterocycles. The number of thiazole rings is 1. The number of aryl methyl sites for hydroxylation is 1. The van der Waals surface area contributed by atoms with E-state index in [4.69, 9.17) is 5.73 Å². The molecule has 1 saturated heterocycles. The van der Waals surface area contributed by atoms with Gasteiger partial charge in [-0.3, -0.25) is 14.5 Å². The summed E-state index contributed by atoms with van der Waals surface area (Å²) in [6, 6.07) is 0. The van der Waals surface area contributed by atoms with Crippen LogP contribution in [0.25, 0.3) is 0 Å². The van der Waals surface area contributed by atoms with E-state index in [9.17, 15) is 9.59 Å². The van der Waals surface area contributed by atoms with Gasteiger partial charge in [-0.15, -0.1) is 0 Å². The summed E-state index contributed by atoms with van der Waals surface area (Å²) in [6.07, 6.45) is 0. The molecule has 0 radical (unpaired) electrons. The van der Waals surface area contributed by atoms with Gasteiger partial charge in [0, 0.05) is 32.7 Å². The van der Waals surface area contributed by atoms with Gasteiger partial charge in [0.2, 0.25) is 5.91 Å². The zero-order valence-corrected chi connectivity index (χ0v) is 13.2. The second-order valence-electron chi connectivity index (χ2n) is 4.99. The number of nitrogens with one attached hydrogen (secondary N) is 1. The highest BCUT2D eigenvalue weighted by Gasteiger charge is 2.25. The Kier molecular flexibility index (Phi) is 5.13. The number of rotatable bonds is 4. The fraction of sp³-hybridized carbons (Fsp3) is 0.615. The molecule has 1 fully saturated rings. The van der Waals surface area contributed by atoms with Crippen molar-refractivity contribution in [2.24, 2.45) is 0 Å². The molecular weight excluding hydrogens is 290 g/mol. The number of piperazine rings is 1. The van der Waals surface area contributed by atoms with Crippen molar-refractivity contribution in [2.45, 2.75) is 13.8 Å². The van der Waals surface area contributed by atoms with E-state index in [0.717, 1.165) is 0 Å². The molecule has 7 nitrogen and oxygen atoms in total. The first-order chi connectivity index (χ1) is 10.0. The molecule has 1 aromatic rings. The average molecular weight is 311 g/mol. The van der Waals surface area contributed by atoms with Crippen LogP contribution in [0.4, 0.5) is 5.13 Å². The number of anilines is 1. The van der Waals surface area contributed by atoms with Crippen LogP contribution in [-0.2, 0) is 4.79 Å². The normalized spacial score (nSPS) is 16.0. The molecule has 3 N–H and O–H groups in total. The molecule has 8 heteroatoms. The lowest BCUT2D eigenvalue weighted by atomic mass is 10.2. The number of likely N-dealkylation sites (N-methyl/N-ethyl adjacent to an activating group) is 1. The van der Waals surface area contributed by atoms with Crippen LogP contribution in [0.1, 0.15) is 22.3 Å². The summed E-state index contributed by atoms with van der Waals surface area (Å²) in [7, 11) is 0. The smallest absolute Gasteiger partial charge is 0.266 e. The van der Waals surface area contributed by atoms with Crippen molar-refractivity contribution in [1.82, 2.24) is 20.1 Å². The summed E-state index contributed by atoms with van der Waals surface area (Å²) >= 11 is 1.23. The highest BCUT2D eigenvalue weighted by molar-refractivity contribution is 7.17. The Balaban J connectivity index is 1.87. The van der Waals surface area contributed by atoms with Gasteiger partial charge in [0.1, 0.15) is 4.88 Å². The Bertz CT molecular complexity index is 523. The fourth-order valence-electron chi connectivity index (χ4n) is 2.32. The second-order valence-corrected chi connectivity index (χ2v) is 6.02. The van der Waals surface area contributed by atoms with Crippen molar-refractivity contribution in [3.8, 4) is 0 Å². The molecule has 0 bridgehead atoms. The fourth-order valence-corrected chi connectivity index (χ4v) is 3.13. The Hall–Kier alpha value is -1.67. The van der Waals surface area contributed by atoms with Crippen molar-refractivity contribution < 1.29 is 9.59 Å². The van der Waals surface area contributed by atoms with E-state index in [-0.39, 0.29) is 11.8 Å². The topological polar surface area (TPSA) is 91.6 Å². The summed E-state index contributed by atoms with van der Waals surface area (Å²) in [6.45, 7) is 7.38. The lowest BCUT2D eigenvalue weighted by molar-refractivity contribution is -0.122. The number of nitrogen functional groups attached to an aromatic ring is 1. The van der Waals surface area contributed by atoms with Gasteiger partial charge in [0.05, 0.1) is 12.2 Å². The van der Waals surface area contributed by atoms with Crippen LogP contribution in [0.5, 0.6) is 0 Å². The SMILES string of the molecule is CCNC(=O)CN1CCN(C(=O)c2sc(N)nc2C)CC1. The third-order valence-electron chi connectivity index (χ3n) is 3.41. The summed E-state index contributed by atoms with van der Waals surface area (Å²) in [5, 5.41) is 3.20. The lowest BCUT2D eigenvalue weighted by Crippen LogP contribution is -2.51. The van der Waals surface area contributed by atoms with Crippen LogP contribution < -0.4 is 11.1 Å². The average Bonchev–Trinajstić information content (AvgIpc) is 2.78. The Morgan fingerprint density at radius 1 is 1.33 bits per heavy atom. The molecule has 0 spiro atoms. The highest BCUT2D eigenvalue weighted by Crippen LogP contribution is 2.22. The van der Waals surface area contributed by atoms with Gasteiger partial charge in [-0.05, 0) is 13.8 Å². The summed E-state index contributed by atoms with van der Waals surface area (Å²) in [5.74, 6) is 0.0164. The molecule has 0 unspecified atom stereocenters. The maximum absolute atomic E-state index is 12.4. The first-order valence-electron chi connectivity index (χ1n) is 7.02. The zero-order chi connectivity index (χ0) is 15.4. The van der Waals surface area contributed by atoms with Gasteiger partial charge in [-0.25, -0.2) is 4.98 Å². The van der Waals surface area contributed by atoms with Gasteiger partial charge in [0.15, 0.2) is 5.13 Å². The molecule has 2 heterocycles. The minimum Gasteiger partial charge on any atom is -0.375 e. The van der Waals surface area contributed by atoms with E-state index in [1.54, 1.807) is 11.8 Å². The number of hydrogen-bond donors (Lipinski definition) is 2. The van der Waals surface area contributed by atoms with E-state index in [1.807, 2.05) is 6.92 Å². The molecular formula is C13H21N5O2S. The van der Waals surface area contributed by atoms with Crippen molar-refractivity contribution >= 4 is 28.3 Å². The minimum absolute atomic E-state index is 0.0145. The number of hydrogen-bond acceptors (Lipinski definition) is 6. The van der Waals surface area contributed by atoms with E-state index in [0.29, 0.717) is 55.0 Å². The van der Waals surface area contributed by atoms with E-state index in [2.05, 4.69) is 15.2 Å². The minimum atomic E-state index is -0.0145. The van der Waals surface area contributed by atoms with Crippen LogP contribution in [0.15, 0.2) is 0 Å². The van der Waals surface area contributed by atoms with Gasteiger partial charge < -0.3 is 16.0 Å². The molecule has 116 valence electrons. The molecule has 0 aromatic carbocycles. The van der Waals surface area contributed by atoms with Gasteiger partial charge >= 0.3 is 0 Å². The number of carbonyl (C=O) groups excluding carboxylic acids is 2. The van der Waals surface area contributed by atoms with Crippen LogP contribution in [0, 0.1) is 6.92 Å². The molecule has 1 aliphatic rings. The van der Waals surface area contributed by atoms with Gasteiger partial charge in [-0.1, -0.05) is 11.3 Å². The summed E-state index contributed by atoms with van der Waals surface area (Å²) in [4.78, 5) is 32.5. The molecule has 2 rings (SSSR count). The van der Waals surface area contributed by atoms with E-state index in [1.165, 1.54) is 11.3 Å². The number of aromatic nitrogens is 1. The molecule has 2 amide bonds. The maximum Gasteiger partial charge on any atom is 0.266 e. The van der Waals surface area contributed by atoms with Crippen LogP contribution >= 0.6 is 11.3 Å². The van der Waals surface area contributed by atoms with Crippen molar-refractivity contribution in [1.29, 1.82) is 0 Å². The lowest BCUT2D eigenvalue weighted by Gasteiger charge is -2.34. The van der Waals surface area contributed by atoms with Gasteiger partial charge in [-0.2, -0.15) is 0 Å². The standard InChI is InChI=1S/C13H21N5O2S/c1-3-15-10(19)8-17-4-6-18(7-5-17)12(20)11-9(2)16-13(14)21-11/h3-8H2,1-2H3,(H2,14,16)(H,15,19). The molecule has 0 aliphatic carbocycles. The number of carbonyl (C=O) groups is 2. The third kappa shape index (κ3) is 3.92. The molecule has 21 heavy (non-hydrogen) atoms. The third-order valence-corrected chi connectivity index (χ3v) is 4.38. The van der Waals surface area contributed by atoms with Crippen molar-refractivity contribution in [3.63, 3.8) is 0 Å². The quantitative estimate of drug-likeness (QED) is 0.812. The first kappa shape index (κ1) is 15.7. The number of nitrogens with zero attached hydrogens (tertiary/aromatic N) is 3. The highest BCUT2D eigenvalue weighted by atomic mass is 32.1. The Morgan fingerprint density at radius 3 is 2.52 bits per heavy atom. The largest absolute Gasteiger partial charge is 0.375 e. The molecule has 0 saturated carbocycles. The first-order valence-corrected chi connectivity index (χ1v) is 7.84. The maximum atomic E-state index is 12.4. The summed E-state index contributed by atoms with van der Waals surface area (Å²) < 4.78 is 0. The molecule has 0 atom stereocenters. The van der Waals surface area contributed by atoms with Crippen LogP contribution in [-0.4, -0.2) is 65.9 Å². The van der Waals surface area contributed by atoms with Gasteiger partial charge in [0.25, 0.3) is 5.91 Å². The van der Waals surface area contributed by atoms with Crippen LogP contribution in [0.3, 0.4) is 0 Å². The van der Waals surface area contributed by atoms with E-state index >= 15 is 0 Å². The second kappa shape index (κ2) is 6.86. The van der Waals surface area contributed by atoms with E-state index < -0.39 is 0 Å². The zero-order valence-electron chi connectivity index (χ0n) is 12.4.